The Morgan fingerprint density at radius 1 is 1.07 bits per heavy atom. The quantitative estimate of drug-likeness (QED) is 0.656. The first-order chi connectivity index (χ1) is 12.8. The van der Waals surface area contributed by atoms with Crippen molar-refractivity contribution in [3.63, 3.8) is 0 Å². The van der Waals surface area contributed by atoms with Crippen molar-refractivity contribution in [1.82, 2.24) is 9.88 Å². The minimum Gasteiger partial charge on any atom is -0.451 e. The van der Waals surface area contributed by atoms with Crippen LogP contribution in [-0.2, 0) is 9.53 Å². The molecule has 146 valence electrons. The molecule has 0 aliphatic heterocycles. The molecule has 1 aromatic heterocycles. The lowest BCUT2D eigenvalue weighted by molar-refractivity contribution is -0.135. The van der Waals surface area contributed by atoms with Crippen LogP contribution in [0.5, 0.6) is 0 Å². The van der Waals surface area contributed by atoms with E-state index in [2.05, 4.69) is 32.7 Å². The van der Waals surface area contributed by atoms with Gasteiger partial charge in [-0.15, -0.1) is 0 Å². The predicted molar refractivity (Wildman–Crippen MR) is 103 cm³/mol. The standard InChI is InChI=1S/C21H28N2O4/c1-14(2)11-23(12-15(3)4)18(24)13-26-21(25)19-16(5)27-20(22-19)17-9-7-6-8-10-17/h6-10,14-15H,11-13H2,1-5H3. The minimum atomic E-state index is -0.652. The van der Waals surface area contributed by atoms with Gasteiger partial charge in [-0.1, -0.05) is 45.9 Å². The molecule has 27 heavy (non-hydrogen) atoms. The molecule has 1 amide bonds. The van der Waals surface area contributed by atoms with Gasteiger partial charge in [0.25, 0.3) is 5.91 Å². The van der Waals surface area contributed by atoms with Crippen LogP contribution in [0, 0.1) is 18.8 Å². The molecule has 0 spiro atoms. The van der Waals surface area contributed by atoms with Gasteiger partial charge in [0.2, 0.25) is 5.89 Å². The maximum atomic E-state index is 12.5. The van der Waals surface area contributed by atoms with Gasteiger partial charge < -0.3 is 14.1 Å². The van der Waals surface area contributed by atoms with Gasteiger partial charge >= 0.3 is 5.97 Å². The lowest BCUT2D eigenvalue weighted by Crippen LogP contribution is -2.39. The molecule has 6 heteroatoms. The zero-order chi connectivity index (χ0) is 20.0. The van der Waals surface area contributed by atoms with Crippen LogP contribution in [0.15, 0.2) is 34.7 Å². The summed E-state index contributed by atoms with van der Waals surface area (Å²) in [6.07, 6.45) is 0. The second-order valence-electron chi connectivity index (χ2n) is 7.45. The molecule has 1 aromatic carbocycles. The van der Waals surface area contributed by atoms with Crippen molar-refractivity contribution >= 4 is 11.9 Å². The number of amides is 1. The van der Waals surface area contributed by atoms with Crippen molar-refractivity contribution in [1.29, 1.82) is 0 Å². The third-order valence-corrected chi connectivity index (χ3v) is 3.86. The molecule has 1 heterocycles. The average Bonchev–Trinajstić information content (AvgIpc) is 3.00. The summed E-state index contributed by atoms with van der Waals surface area (Å²) in [5.74, 6) is 0.556. The van der Waals surface area contributed by atoms with E-state index in [1.807, 2.05) is 30.3 Å². The molecule has 0 atom stereocenters. The third kappa shape index (κ3) is 5.94. The van der Waals surface area contributed by atoms with Gasteiger partial charge in [0.05, 0.1) is 0 Å². The molecule has 0 saturated carbocycles. The van der Waals surface area contributed by atoms with E-state index in [-0.39, 0.29) is 18.2 Å². The highest BCUT2D eigenvalue weighted by Crippen LogP contribution is 2.21. The number of ether oxygens (including phenoxy) is 1. The molecule has 0 fully saturated rings. The van der Waals surface area contributed by atoms with Gasteiger partial charge in [-0.2, -0.15) is 0 Å². The number of nitrogens with zero attached hydrogens (tertiary/aromatic N) is 2. The highest BCUT2D eigenvalue weighted by molar-refractivity contribution is 5.90. The van der Waals surface area contributed by atoms with Crippen molar-refractivity contribution < 1.29 is 18.7 Å². The van der Waals surface area contributed by atoms with Gasteiger partial charge in [-0.3, -0.25) is 4.79 Å². The molecule has 6 nitrogen and oxygen atoms in total. The summed E-state index contributed by atoms with van der Waals surface area (Å²) in [6, 6.07) is 9.31. The van der Waals surface area contributed by atoms with Gasteiger partial charge in [0, 0.05) is 18.7 Å². The number of hydrogen-bond donors (Lipinski definition) is 0. The Balaban J connectivity index is 2.02. The Morgan fingerprint density at radius 3 is 2.22 bits per heavy atom. The summed E-state index contributed by atoms with van der Waals surface area (Å²) in [4.78, 5) is 30.8. The van der Waals surface area contributed by atoms with Crippen molar-refractivity contribution in [2.45, 2.75) is 34.6 Å². The van der Waals surface area contributed by atoms with Gasteiger partial charge in [0.1, 0.15) is 5.76 Å². The fraction of sp³-hybridized carbons (Fsp3) is 0.476. The van der Waals surface area contributed by atoms with E-state index in [1.165, 1.54) is 0 Å². The maximum Gasteiger partial charge on any atom is 0.361 e. The number of aromatic nitrogens is 1. The summed E-state index contributed by atoms with van der Waals surface area (Å²) >= 11 is 0. The highest BCUT2D eigenvalue weighted by atomic mass is 16.5. The topological polar surface area (TPSA) is 72.6 Å². The van der Waals surface area contributed by atoms with Crippen LogP contribution in [0.25, 0.3) is 11.5 Å². The van der Waals surface area contributed by atoms with E-state index in [0.29, 0.717) is 36.6 Å². The van der Waals surface area contributed by atoms with Crippen LogP contribution < -0.4 is 0 Å². The lowest BCUT2D eigenvalue weighted by atomic mass is 10.1. The SMILES string of the molecule is Cc1oc(-c2ccccc2)nc1C(=O)OCC(=O)N(CC(C)C)CC(C)C. The van der Waals surface area contributed by atoms with Crippen molar-refractivity contribution in [2.24, 2.45) is 11.8 Å². The van der Waals surface area contributed by atoms with Crippen LogP contribution in [-0.4, -0.2) is 41.5 Å². The number of carbonyl (C=O) groups excluding carboxylic acids is 2. The van der Waals surface area contributed by atoms with Crippen LogP contribution in [0.2, 0.25) is 0 Å². The lowest BCUT2D eigenvalue weighted by Gasteiger charge is -2.26. The van der Waals surface area contributed by atoms with Crippen LogP contribution in [0.1, 0.15) is 43.9 Å². The molecule has 2 rings (SSSR count). The van der Waals surface area contributed by atoms with E-state index in [1.54, 1.807) is 11.8 Å². The molecular formula is C21H28N2O4. The van der Waals surface area contributed by atoms with Gasteiger partial charge in [-0.05, 0) is 30.9 Å². The first-order valence-electron chi connectivity index (χ1n) is 9.25. The number of aryl methyl sites for hydroxylation is 1. The van der Waals surface area contributed by atoms with Gasteiger partial charge in [-0.25, -0.2) is 9.78 Å². The predicted octanol–water partition coefficient (Wildman–Crippen LogP) is 3.95. The zero-order valence-electron chi connectivity index (χ0n) is 16.7. The monoisotopic (exact) mass is 372 g/mol. The number of rotatable bonds is 8. The minimum absolute atomic E-state index is 0.0981. The van der Waals surface area contributed by atoms with Crippen molar-refractivity contribution in [3.05, 3.63) is 41.8 Å². The first kappa shape index (κ1) is 20.7. The molecule has 0 saturated heterocycles. The number of carbonyl (C=O) groups is 2. The highest BCUT2D eigenvalue weighted by Gasteiger charge is 2.22. The summed E-state index contributed by atoms with van der Waals surface area (Å²) in [5, 5.41) is 0. The Hall–Kier alpha value is -2.63. The Morgan fingerprint density at radius 2 is 1.67 bits per heavy atom. The normalized spacial score (nSPS) is 11.1. The number of esters is 1. The van der Waals surface area contributed by atoms with Crippen LogP contribution >= 0.6 is 0 Å². The molecule has 0 unspecified atom stereocenters. The molecule has 0 N–H and O–H groups in total. The smallest absolute Gasteiger partial charge is 0.361 e. The molecular weight excluding hydrogens is 344 g/mol. The summed E-state index contributed by atoms with van der Waals surface area (Å²) in [5.41, 5.74) is 0.872. The molecule has 2 aromatic rings. The number of benzene rings is 1. The number of oxazole rings is 1. The fourth-order valence-electron chi connectivity index (χ4n) is 2.74. The van der Waals surface area contributed by atoms with Crippen LogP contribution in [0.3, 0.4) is 0 Å². The van der Waals surface area contributed by atoms with E-state index in [9.17, 15) is 9.59 Å². The summed E-state index contributed by atoms with van der Waals surface area (Å²) in [6.45, 7) is 10.8. The second kappa shape index (κ2) is 9.35. The van der Waals surface area contributed by atoms with Crippen LogP contribution in [0.4, 0.5) is 0 Å². The molecule has 0 radical (unpaired) electrons. The largest absolute Gasteiger partial charge is 0.451 e. The summed E-state index contributed by atoms with van der Waals surface area (Å²) in [7, 11) is 0. The second-order valence-corrected chi connectivity index (χ2v) is 7.45. The molecule has 0 bridgehead atoms. The summed E-state index contributed by atoms with van der Waals surface area (Å²) < 4.78 is 10.8. The third-order valence-electron chi connectivity index (χ3n) is 3.86. The fourth-order valence-corrected chi connectivity index (χ4v) is 2.74. The Kier molecular flexibility index (Phi) is 7.16. The van der Waals surface area contributed by atoms with Gasteiger partial charge in [0.15, 0.2) is 12.3 Å². The Bertz CT molecular complexity index is 756. The molecule has 0 aliphatic rings. The van der Waals surface area contributed by atoms with E-state index >= 15 is 0 Å². The van der Waals surface area contributed by atoms with E-state index in [0.717, 1.165) is 5.56 Å². The zero-order valence-corrected chi connectivity index (χ0v) is 16.7. The van der Waals surface area contributed by atoms with Crippen molar-refractivity contribution in [3.8, 4) is 11.5 Å². The first-order valence-corrected chi connectivity index (χ1v) is 9.25. The maximum absolute atomic E-state index is 12.5. The van der Waals surface area contributed by atoms with Crippen molar-refractivity contribution in [2.75, 3.05) is 19.7 Å². The molecule has 0 aliphatic carbocycles. The average molecular weight is 372 g/mol. The van der Waals surface area contributed by atoms with E-state index in [4.69, 9.17) is 9.15 Å². The van der Waals surface area contributed by atoms with E-state index < -0.39 is 5.97 Å². The number of hydrogen-bond acceptors (Lipinski definition) is 5. The Labute approximate surface area is 160 Å².